The van der Waals surface area contributed by atoms with Crippen LogP contribution < -0.4 is 0 Å². The lowest BCUT2D eigenvalue weighted by molar-refractivity contribution is -0.625. The van der Waals surface area contributed by atoms with Crippen molar-refractivity contribution in [2.24, 2.45) is 0 Å². The fourth-order valence-corrected chi connectivity index (χ4v) is 1.28. The van der Waals surface area contributed by atoms with Crippen molar-refractivity contribution in [1.82, 2.24) is 10.0 Å². The first-order valence-electron chi connectivity index (χ1n) is 5.20. The van der Waals surface area contributed by atoms with E-state index >= 15 is 0 Å². The highest BCUT2D eigenvalue weighted by atomic mass is 16.7. The molecule has 1 aromatic rings. The second kappa shape index (κ2) is 5.73. The lowest BCUT2D eigenvalue weighted by Gasteiger charge is -2.08. The molecule has 0 aliphatic heterocycles. The Balaban J connectivity index is 2.95. The van der Waals surface area contributed by atoms with Gasteiger partial charge < -0.3 is 0 Å². The molecule has 0 aliphatic rings. The summed E-state index contributed by atoms with van der Waals surface area (Å²) >= 11 is 0. The summed E-state index contributed by atoms with van der Waals surface area (Å²) in [6, 6.07) is 4.74. The molecule has 20 heavy (non-hydrogen) atoms. The Labute approximate surface area is 112 Å². The zero-order chi connectivity index (χ0) is 15.4. The summed E-state index contributed by atoms with van der Waals surface area (Å²) in [7, 11) is 1.98. The van der Waals surface area contributed by atoms with Crippen molar-refractivity contribution in [2.45, 2.75) is 0 Å². The van der Waals surface area contributed by atoms with Gasteiger partial charge in [-0.15, -0.1) is 0 Å². The minimum absolute atomic E-state index is 0.00972. The molecule has 10 heteroatoms. The first kappa shape index (κ1) is 15.0. The van der Waals surface area contributed by atoms with Crippen LogP contribution in [0, 0.1) is 20.2 Å². The molecule has 0 fully saturated rings. The van der Waals surface area contributed by atoms with E-state index in [1.165, 1.54) is 24.3 Å². The van der Waals surface area contributed by atoms with E-state index < -0.39 is 21.9 Å². The van der Waals surface area contributed by atoms with Gasteiger partial charge in [-0.2, -0.15) is 0 Å². The smallest absolute Gasteiger partial charge is 0.263 e. The van der Waals surface area contributed by atoms with Gasteiger partial charge in [0, 0.05) is 11.1 Å². The molecule has 0 saturated carbocycles. The van der Waals surface area contributed by atoms with Gasteiger partial charge >= 0.3 is 11.8 Å². The second-order valence-electron chi connectivity index (χ2n) is 3.71. The number of nitrogens with zero attached hydrogens (tertiary/aromatic N) is 4. The first-order chi connectivity index (χ1) is 9.25. The maximum absolute atomic E-state index is 11.6. The Morgan fingerprint density at radius 1 is 0.850 bits per heavy atom. The Kier molecular flexibility index (Phi) is 4.31. The molecule has 1 rings (SSSR count). The number of carbonyl (C=O) groups excluding carboxylic acids is 2. The molecule has 0 spiro atoms. The van der Waals surface area contributed by atoms with Crippen LogP contribution in [0.15, 0.2) is 24.3 Å². The van der Waals surface area contributed by atoms with Gasteiger partial charge in [-0.05, 0) is 24.3 Å². The minimum Gasteiger partial charge on any atom is -0.263 e. The number of benzene rings is 1. The highest BCUT2D eigenvalue weighted by Gasteiger charge is 2.23. The number of rotatable bonds is 4. The monoisotopic (exact) mass is 282 g/mol. The summed E-state index contributed by atoms with van der Waals surface area (Å²) in [5.74, 6) is -1.73. The summed E-state index contributed by atoms with van der Waals surface area (Å²) in [4.78, 5) is 44.0. The van der Waals surface area contributed by atoms with Crippen molar-refractivity contribution >= 4 is 11.8 Å². The van der Waals surface area contributed by atoms with E-state index in [1.807, 2.05) is 0 Å². The van der Waals surface area contributed by atoms with E-state index in [9.17, 15) is 29.8 Å². The van der Waals surface area contributed by atoms with E-state index in [1.54, 1.807) is 0 Å². The predicted molar refractivity (Wildman–Crippen MR) is 64.6 cm³/mol. The van der Waals surface area contributed by atoms with E-state index in [0.717, 1.165) is 14.1 Å². The molecule has 0 bridgehead atoms. The summed E-state index contributed by atoms with van der Waals surface area (Å²) in [6.45, 7) is 0. The van der Waals surface area contributed by atoms with Crippen LogP contribution in [0.25, 0.3) is 0 Å². The summed E-state index contributed by atoms with van der Waals surface area (Å²) in [6.07, 6.45) is 0. The molecule has 10 nitrogen and oxygen atoms in total. The second-order valence-corrected chi connectivity index (χ2v) is 3.71. The molecule has 0 saturated heterocycles. The Hall–Kier alpha value is -3.04. The molecule has 0 aromatic heterocycles. The molecule has 2 amide bonds. The van der Waals surface area contributed by atoms with Crippen molar-refractivity contribution in [3.63, 3.8) is 0 Å². The molecular formula is C10H10N4O6. The minimum atomic E-state index is -0.887. The largest absolute Gasteiger partial charge is 0.313 e. The number of hydrogen-bond acceptors (Lipinski definition) is 6. The van der Waals surface area contributed by atoms with Gasteiger partial charge in [0.15, 0.2) is 10.1 Å². The number of carbonyl (C=O) groups is 2. The standard InChI is InChI=1S/C10H10N4O6/c1-11(13(17)18)9(15)7-3-5-8(6-4-7)10(16)12(2)14(19)20/h3-6H,1-2H3. The Morgan fingerprint density at radius 2 is 1.10 bits per heavy atom. The van der Waals surface area contributed by atoms with Crippen LogP contribution in [0.2, 0.25) is 0 Å². The third kappa shape index (κ3) is 3.04. The number of hydrogen-bond donors (Lipinski definition) is 0. The molecular weight excluding hydrogens is 272 g/mol. The van der Waals surface area contributed by atoms with Crippen LogP contribution in [-0.4, -0.2) is 46.0 Å². The Morgan fingerprint density at radius 3 is 1.30 bits per heavy atom. The van der Waals surface area contributed by atoms with Crippen molar-refractivity contribution in [2.75, 3.05) is 14.1 Å². The average molecular weight is 282 g/mol. The van der Waals surface area contributed by atoms with Gasteiger partial charge in [-0.25, -0.2) is 20.2 Å². The highest BCUT2D eigenvalue weighted by molar-refractivity contribution is 5.96. The molecule has 0 N–H and O–H groups in total. The lowest BCUT2D eigenvalue weighted by Crippen LogP contribution is -2.33. The van der Waals surface area contributed by atoms with Crippen molar-refractivity contribution in [1.29, 1.82) is 0 Å². The molecule has 0 unspecified atom stereocenters. The predicted octanol–water partition coefficient (Wildman–Crippen LogP) is 0.214. The molecule has 106 valence electrons. The Bertz CT molecular complexity index is 519. The third-order valence-electron chi connectivity index (χ3n) is 2.46. The van der Waals surface area contributed by atoms with E-state index in [2.05, 4.69) is 0 Å². The van der Waals surface area contributed by atoms with E-state index in [4.69, 9.17) is 0 Å². The van der Waals surface area contributed by atoms with Crippen LogP contribution in [0.5, 0.6) is 0 Å². The topological polar surface area (TPSA) is 127 Å². The van der Waals surface area contributed by atoms with Gasteiger partial charge in [0.05, 0.1) is 14.1 Å². The molecule has 0 atom stereocenters. The number of nitro groups is 2. The van der Waals surface area contributed by atoms with Crippen LogP contribution in [0.4, 0.5) is 0 Å². The maximum atomic E-state index is 11.6. The summed E-state index contributed by atoms with van der Waals surface area (Å²) in [5, 5.41) is 19.7. The van der Waals surface area contributed by atoms with Crippen LogP contribution >= 0.6 is 0 Å². The molecule has 1 aromatic carbocycles. The van der Waals surface area contributed by atoms with Crippen LogP contribution in [-0.2, 0) is 0 Å². The normalized spacial score (nSPS) is 9.70. The number of hydrazine groups is 2. The lowest BCUT2D eigenvalue weighted by atomic mass is 10.1. The van der Waals surface area contributed by atoms with E-state index in [0.29, 0.717) is 10.0 Å². The van der Waals surface area contributed by atoms with Crippen molar-refractivity contribution in [3.8, 4) is 0 Å². The molecule has 0 radical (unpaired) electrons. The molecule has 0 heterocycles. The zero-order valence-corrected chi connectivity index (χ0v) is 10.5. The fraction of sp³-hybridized carbons (Fsp3) is 0.200. The zero-order valence-electron chi connectivity index (χ0n) is 10.5. The van der Waals surface area contributed by atoms with Crippen molar-refractivity contribution in [3.05, 3.63) is 55.6 Å². The average Bonchev–Trinajstić information content (AvgIpc) is 2.44. The number of amides is 2. The fourth-order valence-electron chi connectivity index (χ4n) is 1.28. The van der Waals surface area contributed by atoms with Gasteiger partial charge in [0.2, 0.25) is 0 Å². The third-order valence-corrected chi connectivity index (χ3v) is 2.46. The molecule has 0 aliphatic carbocycles. The highest BCUT2D eigenvalue weighted by Crippen LogP contribution is 2.09. The quantitative estimate of drug-likeness (QED) is 0.573. The maximum Gasteiger partial charge on any atom is 0.313 e. The SMILES string of the molecule is CN(C(=O)c1ccc(C(=O)N(C)[N+](=O)[O-])cc1)[N+](=O)[O-]. The van der Waals surface area contributed by atoms with E-state index in [-0.39, 0.29) is 11.1 Å². The van der Waals surface area contributed by atoms with Crippen LogP contribution in [0.3, 0.4) is 0 Å². The van der Waals surface area contributed by atoms with Gasteiger partial charge in [-0.1, -0.05) is 10.0 Å². The van der Waals surface area contributed by atoms with Gasteiger partial charge in [0.1, 0.15) is 0 Å². The van der Waals surface area contributed by atoms with Crippen molar-refractivity contribution < 1.29 is 19.7 Å². The van der Waals surface area contributed by atoms with Gasteiger partial charge in [0.25, 0.3) is 0 Å². The summed E-state index contributed by atoms with van der Waals surface area (Å²) in [5.41, 5.74) is -0.0194. The summed E-state index contributed by atoms with van der Waals surface area (Å²) < 4.78 is 0. The van der Waals surface area contributed by atoms with Gasteiger partial charge in [-0.3, -0.25) is 9.59 Å². The first-order valence-corrected chi connectivity index (χ1v) is 5.20. The van der Waals surface area contributed by atoms with Crippen LogP contribution in [0.1, 0.15) is 20.7 Å².